The van der Waals surface area contributed by atoms with Crippen LogP contribution in [-0.4, -0.2) is 28.1 Å². The van der Waals surface area contributed by atoms with Gasteiger partial charge in [-0.3, -0.25) is 4.79 Å². The fourth-order valence-corrected chi connectivity index (χ4v) is 0.933. The molecule has 1 aromatic heterocycles. The van der Waals surface area contributed by atoms with Crippen LogP contribution in [0, 0.1) is 10.1 Å². The van der Waals surface area contributed by atoms with Crippen molar-refractivity contribution in [2.75, 3.05) is 7.11 Å². The molecule has 0 atom stereocenters. The molecular weight excluding hydrogens is 204 g/mol. The first-order valence-corrected chi connectivity index (χ1v) is 3.94. The van der Waals surface area contributed by atoms with Gasteiger partial charge in [-0.15, -0.1) is 0 Å². The van der Waals surface area contributed by atoms with Crippen molar-refractivity contribution in [1.29, 1.82) is 0 Å². The first kappa shape index (κ1) is 10.9. The molecule has 0 saturated heterocycles. The maximum atomic E-state index is 10.9. The SMILES string of the molecule is COC(=O)Cc1ccc(O)c([N+](=O)[O-])n1. The van der Waals surface area contributed by atoms with Crippen molar-refractivity contribution in [2.24, 2.45) is 0 Å². The quantitative estimate of drug-likeness (QED) is 0.442. The van der Waals surface area contributed by atoms with Gasteiger partial charge in [0.15, 0.2) is 5.69 Å². The predicted molar refractivity (Wildman–Crippen MR) is 48.3 cm³/mol. The number of aromatic hydroxyl groups is 1. The molecule has 7 heteroatoms. The summed E-state index contributed by atoms with van der Waals surface area (Å²) in [5, 5.41) is 19.5. The summed E-state index contributed by atoms with van der Waals surface area (Å²) in [4.78, 5) is 23.9. The first-order valence-electron chi connectivity index (χ1n) is 3.94. The van der Waals surface area contributed by atoms with E-state index in [9.17, 15) is 14.9 Å². The number of carbonyl (C=O) groups excluding carboxylic acids is 1. The zero-order chi connectivity index (χ0) is 11.4. The third-order valence-corrected chi connectivity index (χ3v) is 1.64. The number of rotatable bonds is 3. The Kier molecular flexibility index (Phi) is 3.17. The van der Waals surface area contributed by atoms with Crippen LogP contribution < -0.4 is 0 Å². The Morgan fingerprint density at radius 3 is 2.87 bits per heavy atom. The van der Waals surface area contributed by atoms with Crippen molar-refractivity contribution < 1.29 is 19.6 Å². The molecule has 0 unspecified atom stereocenters. The van der Waals surface area contributed by atoms with E-state index in [1.54, 1.807) is 0 Å². The second-order valence-electron chi connectivity index (χ2n) is 2.66. The molecule has 7 nitrogen and oxygen atoms in total. The standard InChI is InChI=1S/C8H8N2O5/c1-15-7(12)4-5-2-3-6(11)8(9-5)10(13)14/h2-3,11H,4H2,1H3. The number of carbonyl (C=O) groups is 1. The second kappa shape index (κ2) is 4.36. The van der Waals surface area contributed by atoms with Crippen LogP contribution in [0.5, 0.6) is 5.75 Å². The van der Waals surface area contributed by atoms with Crippen molar-refractivity contribution in [3.05, 3.63) is 27.9 Å². The van der Waals surface area contributed by atoms with E-state index in [1.165, 1.54) is 13.2 Å². The number of nitro groups is 1. The molecule has 15 heavy (non-hydrogen) atoms. The molecule has 0 spiro atoms. The maximum Gasteiger partial charge on any atom is 0.406 e. The van der Waals surface area contributed by atoms with Crippen LogP contribution in [0.4, 0.5) is 5.82 Å². The molecule has 0 aliphatic heterocycles. The molecule has 0 saturated carbocycles. The van der Waals surface area contributed by atoms with E-state index in [2.05, 4.69) is 9.72 Å². The Balaban J connectivity index is 2.97. The van der Waals surface area contributed by atoms with Crippen LogP contribution in [0.2, 0.25) is 0 Å². The monoisotopic (exact) mass is 212 g/mol. The number of methoxy groups -OCH3 is 1. The minimum absolute atomic E-state index is 0.169. The molecular formula is C8H8N2O5. The van der Waals surface area contributed by atoms with Gasteiger partial charge in [-0.25, -0.2) is 0 Å². The molecule has 1 N–H and O–H groups in total. The third-order valence-electron chi connectivity index (χ3n) is 1.64. The number of hydrogen-bond donors (Lipinski definition) is 1. The molecule has 1 aromatic rings. The maximum absolute atomic E-state index is 10.9. The minimum Gasteiger partial charge on any atom is -0.501 e. The summed E-state index contributed by atoms with van der Waals surface area (Å²) in [6.07, 6.45) is -0.169. The normalized spacial score (nSPS) is 9.67. The van der Waals surface area contributed by atoms with Gasteiger partial charge in [-0.05, 0) is 22.0 Å². The average molecular weight is 212 g/mol. The highest BCUT2D eigenvalue weighted by molar-refractivity contribution is 5.72. The first-order chi connectivity index (χ1) is 7.04. The van der Waals surface area contributed by atoms with Crippen molar-refractivity contribution in [3.8, 4) is 5.75 Å². The summed E-state index contributed by atoms with van der Waals surface area (Å²) < 4.78 is 4.37. The van der Waals surface area contributed by atoms with Gasteiger partial charge in [0.05, 0.1) is 7.11 Å². The third kappa shape index (κ3) is 2.63. The molecule has 1 heterocycles. The molecule has 0 radical (unpaired) electrons. The van der Waals surface area contributed by atoms with E-state index in [4.69, 9.17) is 5.11 Å². The topological polar surface area (TPSA) is 103 Å². The largest absolute Gasteiger partial charge is 0.501 e. The Morgan fingerprint density at radius 2 is 2.33 bits per heavy atom. The molecule has 1 rings (SSSR count). The van der Waals surface area contributed by atoms with Crippen LogP contribution in [-0.2, 0) is 16.0 Å². The van der Waals surface area contributed by atoms with Gasteiger partial charge in [-0.2, -0.15) is 0 Å². The summed E-state index contributed by atoms with van der Waals surface area (Å²) in [6.45, 7) is 0. The lowest BCUT2D eigenvalue weighted by molar-refractivity contribution is -0.390. The van der Waals surface area contributed by atoms with E-state index >= 15 is 0 Å². The number of ether oxygens (including phenoxy) is 1. The van der Waals surface area contributed by atoms with Crippen molar-refractivity contribution in [1.82, 2.24) is 4.98 Å². The second-order valence-corrected chi connectivity index (χ2v) is 2.66. The van der Waals surface area contributed by atoms with Crippen LogP contribution >= 0.6 is 0 Å². The highest BCUT2D eigenvalue weighted by atomic mass is 16.6. The summed E-state index contributed by atoms with van der Waals surface area (Å²) in [7, 11) is 1.21. The van der Waals surface area contributed by atoms with Crippen LogP contribution in [0.3, 0.4) is 0 Å². The molecule has 0 aliphatic rings. The van der Waals surface area contributed by atoms with Crippen molar-refractivity contribution in [3.63, 3.8) is 0 Å². The Labute approximate surface area is 84.5 Å². The van der Waals surface area contributed by atoms with Gasteiger partial charge in [0.25, 0.3) is 0 Å². The van der Waals surface area contributed by atoms with Gasteiger partial charge in [-0.1, -0.05) is 0 Å². The van der Waals surface area contributed by atoms with Gasteiger partial charge < -0.3 is 20.0 Å². The van der Waals surface area contributed by atoms with E-state index in [0.29, 0.717) is 0 Å². The Morgan fingerprint density at radius 1 is 1.67 bits per heavy atom. The van der Waals surface area contributed by atoms with E-state index in [0.717, 1.165) is 6.07 Å². The molecule has 0 aliphatic carbocycles. The lowest BCUT2D eigenvalue weighted by Crippen LogP contribution is -2.07. The Bertz CT molecular complexity index is 404. The number of esters is 1. The molecule has 0 fully saturated rings. The number of nitrogens with zero attached hydrogens (tertiary/aromatic N) is 2. The van der Waals surface area contributed by atoms with E-state index in [-0.39, 0.29) is 12.1 Å². The number of pyridine rings is 1. The number of hydrogen-bond acceptors (Lipinski definition) is 6. The summed E-state index contributed by atoms with van der Waals surface area (Å²) in [5.41, 5.74) is 0.173. The van der Waals surface area contributed by atoms with Gasteiger partial charge in [0.1, 0.15) is 6.42 Å². The zero-order valence-corrected chi connectivity index (χ0v) is 7.84. The van der Waals surface area contributed by atoms with Crippen molar-refractivity contribution in [2.45, 2.75) is 6.42 Å². The highest BCUT2D eigenvalue weighted by Gasteiger charge is 2.18. The van der Waals surface area contributed by atoms with Gasteiger partial charge in [0, 0.05) is 0 Å². The predicted octanol–water partition coefficient (Wildman–Crippen LogP) is 0.411. The smallest absolute Gasteiger partial charge is 0.406 e. The summed E-state index contributed by atoms with van der Waals surface area (Å²) in [5.74, 6) is -1.76. The van der Waals surface area contributed by atoms with Crippen LogP contribution in [0.15, 0.2) is 12.1 Å². The highest BCUT2D eigenvalue weighted by Crippen LogP contribution is 2.22. The molecule has 80 valence electrons. The fraction of sp³-hybridized carbons (Fsp3) is 0.250. The van der Waals surface area contributed by atoms with E-state index in [1.807, 2.05) is 0 Å². The lowest BCUT2D eigenvalue weighted by atomic mass is 10.2. The zero-order valence-electron chi connectivity index (χ0n) is 7.84. The molecule has 0 aromatic carbocycles. The molecule has 0 amide bonds. The number of aromatic nitrogens is 1. The summed E-state index contributed by atoms with van der Waals surface area (Å²) in [6, 6.07) is 2.43. The summed E-state index contributed by atoms with van der Waals surface area (Å²) >= 11 is 0. The molecule has 0 bridgehead atoms. The van der Waals surface area contributed by atoms with Crippen molar-refractivity contribution >= 4 is 11.8 Å². The van der Waals surface area contributed by atoms with Crippen LogP contribution in [0.25, 0.3) is 0 Å². The van der Waals surface area contributed by atoms with Gasteiger partial charge >= 0.3 is 11.8 Å². The Hall–Kier alpha value is -2.18. The van der Waals surface area contributed by atoms with E-state index < -0.39 is 22.5 Å². The average Bonchev–Trinajstić information content (AvgIpc) is 2.20. The minimum atomic E-state index is -0.823. The fourth-order valence-electron chi connectivity index (χ4n) is 0.933. The lowest BCUT2D eigenvalue weighted by Gasteiger charge is -1.98. The van der Waals surface area contributed by atoms with Gasteiger partial charge in [0.2, 0.25) is 5.75 Å². The van der Waals surface area contributed by atoms with Crippen LogP contribution in [0.1, 0.15) is 5.69 Å².